The van der Waals surface area contributed by atoms with Crippen LogP contribution < -0.4 is 17.1 Å². The molecule has 210 valence electrons. The van der Waals surface area contributed by atoms with Crippen molar-refractivity contribution in [2.45, 2.75) is 102 Å². The molecule has 3 saturated heterocycles. The van der Waals surface area contributed by atoms with Gasteiger partial charge in [0.15, 0.2) is 0 Å². The van der Waals surface area contributed by atoms with Gasteiger partial charge in [-0.2, -0.15) is 0 Å². The molecule has 38 heavy (non-hydrogen) atoms. The first-order chi connectivity index (χ1) is 18.3. The largest absolute Gasteiger partial charge is 0.465 e. The van der Waals surface area contributed by atoms with E-state index in [0.29, 0.717) is 37.4 Å². The van der Waals surface area contributed by atoms with E-state index >= 15 is 0 Å². The number of nitrogens with zero attached hydrogens (tertiary/aromatic N) is 3. The second-order valence-electron chi connectivity index (χ2n) is 11.0. The summed E-state index contributed by atoms with van der Waals surface area (Å²) in [7, 11) is 1.30. The molecule has 4 heterocycles. The minimum absolute atomic E-state index is 0.0184. The summed E-state index contributed by atoms with van der Waals surface area (Å²) in [6.45, 7) is 0.638. The van der Waals surface area contributed by atoms with E-state index in [1.54, 1.807) is 0 Å². The van der Waals surface area contributed by atoms with Crippen molar-refractivity contribution in [2.75, 3.05) is 13.2 Å². The minimum Gasteiger partial charge on any atom is -0.465 e. The topological polar surface area (TPSA) is 140 Å². The predicted octanol–water partition coefficient (Wildman–Crippen LogP) is 0.491. The van der Waals surface area contributed by atoms with Crippen LogP contribution in [0.15, 0.2) is 14.4 Å². The van der Waals surface area contributed by atoms with Gasteiger partial charge in [0.1, 0.15) is 0 Å². The Morgan fingerprint density at radius 2 is 1.39 bits per heavy atom. The fraction of sp³-hybridized carbons (Fsp3) is 0.808. The van der Waals surface area contributed by atoms with Crippen molar-refractivity contribution in [1.82, 2.24) is 13.7 Å². The molecule has 3 aliphatic heterocycles. The average Bonchev–Trinajstić information content (AvgIpc) is 3.67. The Kier molecular flexibility index (Phi) is 8.18. The molecule has 2 bridgehead atoms. The van der Waals surface area contributed by atoms with Gasteiger partial charge in [-0.3, -0.25) is 9.59 Å². The summed E-state index contributed by atoms with van der Waals surface area (Å²) in [6.07, 6.45) is 7.75. The number of hydrogen-bond donors (Lipinski definition) is 0. The van der Waals surface area contributed by atoms with E-state index in [1.807, 2.05) is 0 Å². The molecule has 12 heteroatoms. The van der Waals surface area contributed by atoms with Gasteiger partial charge in [-0.05, 0) is 50.9 Å². The molecule has 5 fully saturated rings. The van der Waals surface area contributed by atoms with Crippen LogP contribution in [0.4, 0.5) is 0 Å². The number of carbonyl (C=O) groups is 2. The van der Waals surface area contributed by atoms with Crippen LogP contribution >= 0.6 is 0 Å². The highest BCUT2D eigenvalue weighted by molar-refractivity contribution is 5.69. The number of carbonyl (C=O) groups excluding carboxylic acids is 2. The molecule has 1 aromatic heterocycles. The van der Waals surface area contributed by atoms with Crippen molar-refractivity contribution >= 4 is 11.9 Å². The number of epoxide rings is 1. The predicted molar refractivity (Wildman–Crippen MR) is 133 cm³/mol. The molecule has 6 rings (SSSR count). The second kappa shape index (κ2) is 11.6. The maximum atomic E-state index is 12.9. The molecule has 0 spiro atoms. The number of rotatable bonds is 12. The molecule has 0 aromatic carbocycles. The molecular weight excluding hydrogens is 498 g/mol. The van der Waals surface area contributed by atoms with Gasteiger partial charge in [0, 0.05) is 45.3 Å². The summed E-state index contributed by atoms with van der Waals surface area (Å²) < 4.78 is 24.7. The zero-order chi connectivity index (χ0) is 26.8. The SMILES string of the molecule is Cn1c(=O)n(CCCC(=O)OCC2CCC3OC3C2)c(=O)n(CCCC(=O)OCC2CCC3CC2O3)c1=O. The van der Waals surface area contributed by atoms with E-state index in [-0.39, 0.29) is 62.7 Å². The quantitative estimate of drug-likeness (QED) is 0.276. The smallest absolute Gasteiger partial charge is 0.336 e. The van der Waals surface area contributed by atoms with Crippen molar-refractivity contribution in [3.63, 3.8) is 0 Å². The summed E-state index contributed by atoms with van der Waals surface area (Å²) in [6, 6.07) is 0. The van der Waals surface area contributed by atoms with Crippen LogP contribution in [0.1, 0.15) is 64.2 Å². The minimum atomic E-state index is -0.750. The second-order valence-corrected chi connectivity index (χ2v) is 11.0. The summed E-state index contributed by atoms with van der Waals surface area (Å²) in [5, 5.41) is 0. The zero-order valence-electron chi connectivity index (χ0n) is 21.9. The first kappa shape index (κ1) is 26.9. The highest BCUT2D eigenvalue weighted by Gasteiger charge is 2.44. The third-order valence-electron chi connectivity index (χ3n) is 8.32. The first-order valence-corrected chi connectivity index (χ1v) is 13.8. The summed E-state index contributed by atoms with van der Waals surface area (Å²) in [4.78, 5) is 62.4. The number of fused-ring (bicyclic) bond motifs is 3. The third-order valence-corrected chi connectivity index (χ3v) is 8.32. The van der Waals surface area contributed by atoms with Crippen molar-refractivity contribution in [3.8, 4) is 0 Å². The maximum absolute atomic E-state index is 12.9. The van der Waals surface area contributed by atoms with Gasteiger partial charge in [0.05, 0.1) is 37.6 Å². The lowest BCUT2D eigenvalue weighted by molar-refractivity contribution is -0.196. The van der Waals surface area contributed by atoms with E-state index in [2.05, 4.69) is 0 Å². The summed E-state index contributed by atoms with van der Waals surface area (Å²) >= 11 is 0. The van der Waals surface area contributed by atoms with Gasteiger partial charge in [-0.25, -0.2) is 28.1 Å². The first-order valence-electron chi connectivity index (χ1n) is 13.8. The molecule has 6 unspecified atom stereocenters. The van der Waals surface area contributed by atoms with Gasteiger partial charge in [-0.1, -0.05) is 0 Å². The Bertz CT molecular complexity index is 1210. The van der Waals surface area contributed by atoms with Gasteiger partial charge in [-0.15, -0.1) is 0 Å². The lowest BCUT2D eigenvalue weighted by Crippen LogP contribution is -2.53. The summed E-state index contributed by atoms with van der Waals surface area (Å²) in [5.74, 6) is -0.226. The average molecular weight is 536 g/mol. The standard InChI is InChI=1S/C26H37N3O9/c1-27-24(32)28(10-2-4-22(30)35-14-16-6-9-19-21(12-16)38-19)26(34)29(25(27)33)11-3-5-23(31)36-15-17-7-8-18-13-20(17)37-18/h16-21H,2-15H2,1H3. The van der Waals surface area contributed by atoms with Crippen LogP contribution in [-0.2, 0) is 48.7 Å². The molecule has 1 aromatic rings. The highest BCUT2D eigenvalue weighted by Crippen LogP contribution is 2.40. The molecule has 2 aliphatic carbocycles. The molecule has 2 saturated carbocycles. The van der Waals surface area contributed by atoms with Crippen LogP contribution in [0, 0.1) is 11.8 Å². The Morgan fingerprint density at radius 3 is 1.97 bits per heavy atom. The molecule has 6 atom stereocenters. The molecular formula is C26H37N3O9. The lowest BCUT2D eigenvalue weighted by Gasteiger charge is -2.46. The van der Waals surface area contributed by atoms with Gasteiger partial charge in [0.2, 0.25) is 0 Å². The van der Waals surface area contributed by atoms with Crippen LogP contribution in [-0.4, -0.2) is 63.3 Å². The molecule has 0 amide bonds. The normalized spacial score (nSPS) is 29.2. The van der Waals surface area contributed by atoms with Crippen LogP contribution in [0.3, 0.4) is 0 Å². The fourth-order valence-corrected chi connectivity index (χ4v) is 5.85. The molecule has 0 radical (unpaired) electrons. The van der Waals surface area contributed by atoms with Gasteiger partial charge < -0.3 is 18.9 Å². The van der Waals surface area contributed by atoms with Crippen LogP contribution in [0.5, 0.6) is 0 Å². The Hall–Kier alpha value is -2.73. The Balaban J connectivity index is 1.07. The van der Waals surface area contributed by atoms with E-state index in [0.717, 1.165) is 52.2 Å². The van der Waals surface area contributed by atoms with Gasteiger partial charge in [0.25, 0.3) is 0 Å². The fourth-order valence-electron chi connectivity index (χ4n) is 5.85. The number of hydrogen-bond acceptors (Lipinski definition) is 9. The van der Waals surface area contributed by atoms with Crippen molar-refractivity contribution < 1.29 is 28.5 Å². The molecule has 0 N–H and O–H groups in total. The van der Waals surface area contributed by atoms with Crippen LogP contribution in [0.2, 0.25) is 0 Å². The number of esters is 2. The number of aromatic nitrogens is 3. The monoisotopic (exact) mass is 535 g/mol. The highest BCUT2D eigenvalue weighted by atomic mass is 16.6. The van der Waals surface area contributed by atoms with Crippen molar-refractivity contribution in [2.24, 2.45) is 18.9 Å². The Labute approximate surface area is 219 Å². The molecule has 5 aliphatic rings. The lowest BCUT2D eigenvalue weighted by atomic mass is 9.80. The van der Waals surface area contributed by atoms with Crippen molar-refractivity contribution in [3.05, 3.63) is 31.5 Å². The van der Waals surface area contributed by atoms with Crippen LogP contribution in [0.25, 0.3) is 0 Å². The zero-order valence-corrected chi connectivity index (χ0v) is 21.9. The van der Waals surface area contributed by atoms with E-state index < -0.39 is 17.1 Å². The van der Waals surface area contributed by atoms with E-state index in [4.69, 9.17) is 18.9 Å². The van der Waals surface area contributed by atoms with E-state index in [9.17, 15) is 24.0 Å². The maximum Gasteiger partial charge on any atom is 0.336 e. The molecule has 12 nitrogen and oxygen atoms in total. The Morgan fingerprint density at radius 1 is 0.763 bits per heavy atom. The summed E-state index contributed by atoms with van der Waals surface area (Å²) in [5.41, 5.74) is -2.23. The van der Waals surface area contributed by atoms with Gasteiger partial charge >= 0.3 is 29.0 Å². The number of ether oxygens (including phenoxy) is 4. The van der Waals surface area contributed by atoms with Crippen molar-refractivity contribution in [1.29, 1.82) is 0 Å². The van der Waals surface area contributed by atoms with E-state index in [1.165, 1.54) is 7.05 Å². The third kappa shape index (κ3) is 6.12.